The second-order valence-electron chi connectivity index (χ2n) is 19.9. The molecule has 296 valence electrons. The van der Waals surface area contributed by atoms with Crippen LogP contribution < -0.4 is 15.7 Å². The molecule has 8 rings (SSSR count). The number of hydrogen-bond donors (Lipinski definition) is 3. The molecule has 54 heavy (non-hydrogen) atoms. The van der Waals surface area contributed by atoms with Crippen molar-refractivity contribution in [1.82, 2.24) is 10.2 Å². The molecule has 2 heterocycles. The Morgan fingerprint density at radius 1 is 0.889 bits per heavy atom. The van der Waals surface area contributed by atoms with Gasteiger partial charge in [0.15, 0.2) is 5.96 Å². The third-order valence-corrected chi connectivity index (χ3v) is 22.5. The standard InChI is InChI=1S/C46H69N3O3SSi/c1-31(37-19-20-38-36-18-17-32-29-33(50)21-25-45(32,5)39(36)30-40(51)46(37,38)6)24-28-53-42-23-27-49-26-22-41(47-43(49)48-42)52-54(44(2,3)4,34-13-9-7-10-14-34)35-15-11-8-12-16-35/h7-16,31-33,36-42,50-51H,17-30H2,1-6H3,(H,47,48)/t31-,32-,33-,36+,37-,38+,39+,40+,41+,42+,45+,46-/m1/s1. The van der Waals surface area contributed by atoms with Gasteiger partial charge in [-0.3, -0.25) is 0 Å². The SMILES string of the molecule is C[C@H](CCS[C@H]1CCN2CC[C@H](O[Si](c3ccccc3)(c3ccccc3)C(C)(C)C)NC2=N1)[C@H]1CC[C@H]2[C@@H]3CC[C@@H]4C[C@H](O)CC[C@]4(C)[C@H]3C[C@H](O)[C@]12C. The first-order chi connectivity index (χ1) is 25.8. The normalized spacial score (nSPS) is 38.6. The molecule has 0 amide bonds. The Morgan fingerprint density at radius 3 is 2.26 bits per heavy atom. The minimum atomic E-state index is -2.67. The maximum atomic E-state index is 12.1. The molecule has 6 aliphatic rings. The van der Waals surface area contributed by atoms with E-state index in [1.165, 1.54) is 42.5 Å². The zero-order valence-corrected chi connectivity index (χ0v) is 35.9. The number of rotatable bonds is 9. The summed E-state index contributed by atoms with van der Waals surface area (Å²) in [6, 6.07) is 22.0. The van der Waals surface area contributed by atoms with Crippen LogP contribution in [-0.2, 0) is 4.43 Å². The molecule has 3 N–H and O–H groups in total. The number of fused-ring (bicyclic) bond motifs is 6. The summed E-state index contributed by atoms with van der Waals surface area (Å²) in [4.78, 5) is 7.78. The van der Waals surface area contributed by atoms with Crippen LogP contribution in [0.15, 0.2) is 65.7 Å². The summed E-state index contributed by atoms with van der Waals surface area (Å²) in [5, 5.41) is 29.2. The molecule has 0 unspecified atom stereocenters. The van der Waals surface area contributed by atoms with Gasteiger partial charge in [0.25, 0.3) is 8.32 Å². The lowest BCUT2D eigenvalue weighted by atomic mass is 9.43. The Bertz CT molecular complexity index is 1580. The van der Waals surface area contributed by atoms with Crippen LogP contribution >= 0.6 is 11.8 Å². The van der Waals surface area contributed by atoms with Crippen molar-refractivity contribution in [2.75, 3.05) is 18.8 Å². The molecule has 0 radical (unpaired) electrons. The average Bonchev–Trinajstić information content (AvgIpc) is 3.53. The van der Waals surface area contributed by atoms with E-state index in [-0.39, 0.29) is 34.3 Å². The molecular weight excluding hydrogens is 703 g/mol. The van der Waals surface area contributed by atoms with Gasteiger partial charge in [-0.15, -0.1) is 11.8 Å². The van der Waals surface area contributed by atoms with Crippen molar-refractivity contribution in [1.29, 1.82) is 0 Å². The van der Waals surface area contributed by atoms with Crippen molar-refractivity contribution in [2.45, 2.75) is 141 Å². The van der Waals surface area contributed by atoms with Crippen LogP contribution in [0, 0.1) is 46.3 Å². The number of aliphatic imine (C=N–C) groups is 1. The number of nitrogens with zero attached hydrogens (tertiary/aromatic N) is 2. The van der Waals surface area contributed by atoms with E-state index in [1.54, 1.807) is 0 Å². The minimum Gasteiger partial charge on any atom is -0.393 e. The molecule has 4 saturated carbocycles. The number of thioether (sulfide) groups is 1. The summed E-state index contributed by atoms with van der Waals surface area (Å²) in [7, 11) is -2.67. The summed E-state index contributed by atoms with van der Waals surface area (Å²) in [6.07, 6.45) is 12.0. The van der Waals surface area contributed by atoms with Crippen molar-refractivity contribution >= 4 is 36.4 Å². The molecule has 8 heteroatoms. The van der Waals surface area contributed by atoms with Gasteiger partial charge in [-0.05, 0) is 132 Å². The van der Waals surface area contributed by atoms with Gasteiger partial charge in [-0.2, -0.15) is 0 Å². The van der Waals surface area contributed by atoms with E-state index in [1.807, 2.05) is 11.8 Å². The number of hydrogen-bond acceptors (Lipinski definition) is 7. The third-order valence-electron chi connectivity index (χ3n) is 16.3. The van der Waals surface area contributed by atoms with E-state index in [0.29, 0.717) is 35.0 Å². The van der Waals surface area contributed by atoms with Gasteiger partial charge < -0.3 is 24.9 Å². The molecule has 0 spiro atoms. The molecule has 0 aromatic heterocycles. The monoisotopic (exact) mass is 771 g/mol. The summed E-state index contributed by atoms with van der Waals surface area (Å²) in [6.45, 7) is 16.6. The number of nitrogens with one attached hydrogen (secondary N) is 1. The van der Waals surface area contributed by atoms with Gasteiger partial charge in [0.1, 0.15) is 11.6 Å². The summed E-state index contributed by atoms with van der Waals surface area (Å²) >= 11 is 2.04. The van der Waals surface area contributed by atoms with E-state index in [2.05, 4.69) is 112 Å². The zero-order valence-electron chi connectivity index (χ0n) is 34.1. The third kappa shape index (κ3) is 6.73. The number of guanidine groups is 1. The van der Waals surface area contributed by atoms with Crippen molar-refractivity contribution in [2.24, 2.45) is 51.3 Å². The van der Waals surface area contributed by atoms with Gasteiger partial charge >= 0.3 is 0 Å². The van der Waals surface area contributed by atoms with Gasteiger partial charge in [0.05, 0.1) is 12.2 Å². The van der Waals surface area contributed by atoms with Gasteiger partial charge in [-0.1, -0.05) is 102 Å². The largest absolute Gasteiger partial charge is 0.393 e. The highest BCUT2D eigenvalue weighted by molar-refractivity contribution is 7.99. The summed E-state index contributed by atoms with van der Waals surface area (Å²) in [5.74, 6) is 5.96. The molecule has 5 fully saturated rings. The Kier molecular flexibility index (Phi) is 10.9. The van der Waals surface area contributed by atoms with Crippen molar-refractivity contribution in [3.8, 4) is 0 Å². The Hall–Kier alpha value is -1.84. The van der Waals surface area contributed by atoms with Crippen LogP contribution in [0.5, 0.6) is 0 Å². The van der Waals surface area contributed by atoms with Crippen LogP contribution in [0.1, 0.15) is 112 Å². The molecule has 1 saturated heterocycles. The second kappa shape index (κ2) is 15.2. The Labute approximate surface area is 331 Å². The van der Waals surface area contributed by atoms with E-state index < -0.39 is 8.32 Å². The molecule has 6 nitrogen and oxygen atoms in total. The molecule has 2 aromatic carbocycles. The first-order valence-electron chi connectivity index (χ1n) is 21.7. The Balaban J connectivity index is 0.909. The first kappa shape index (κ1) is 39.0. The molecule has 12 atom stereocenters. The molecule has 0 bridgehead atoms. The highest BCUT2D eigenvalue weighted by atomic mass is 32.2. The quantitative estimate of drug-likeness (QED) is 0.225. The van der Waals surface area contributed by atoms with Crippen LogP contribution in [0.25, 0.3) is 0 Å². The topological polar surface area (TPSA) is 77.3 Å². The molecule has 2 aromatic rings. The van der Waals surface area contributed by atoms with Crippen LogP contribution in [0.3, 0.4) is 0 Å². The predicted octanol–water partition coefficient (Wildman–Crippen LogP) is 8.02. The maximum absolute atomic E-state index is 12.1. The number of aliphatic hydroxyl groups is 2. The van der Waals surface area contributed by atoms with Gasteiger partial charge in [-0.25, -0.2) is 4.99 Å². The summed E-state index contributed by atoms with van der Waals surface area (Å²) in [5.41, 5.74) is 0.322. The molecular formula is C46H69N3O3SSi. The fraction of sp³-hybridized carbons (Fsp3) is 0.717. The van der Waals surface area contributed by atoms with E-state index in [0.717, 1.165) is 69.2 Å². The van der Waals surface area contributed by atoms with Crippen LogP contribution in [0.4, 0.5) is 0 Å². The molecule has 4 aliphatic carbocycles. The van der Waals surface area contributed by atoms with E-state index in [4.69, 9.17) is 9.42 Å². The second-order valence-corrected chi connectivity index (χ2v) is 25.4. The number of aliphatic hydroxyl groups excluding tert-OH is 2. The minimum absolute atomic E-state index is 0.0281. The van der Waals surface area contributed by atoms with Gasteiger partial charge in [0.2, 0.25) is 0 Å². The summed E-state index contributed by atoms with van der Waals surface area (Å²) < 4.78 is 7.48. The number of benzene rings is 2. The first-order valence-corrected chi connectivity index (χ1v) is 24.7. The van der Waals surface area contributed by atoms with Crippen molar-refractivity contribution < 1.29 is 14.6 Å². The predicted molar refractivity (Wildman–Crippen MR) is 227 cm³/mol. The van der Waals surface area contributed by atoms with Crippen LogP contribution in [0.2, 0.25) is 5.04 Å². The highest BCUT2D eigenvalue weighted by Crippen LogP contribution is 2.68. The zero-order chi connectivity index (χ0) is 37.9. The fourth-order valence-electron chi connectivity index (χ4n) is 13.4. The Morgan fingerprint density at radius 2 is 1.57 bits per heavy atom. The van der Waals surface area contributed by atoms with Crippen molar-refractivity contribution in [3.63, 3.8) is 0 Å². The van der Waals surface area contributed by atoms with E-state index >= 15 is 0 Å². The lowest BCUT2D eigenvalue weighted by Gasteiger charge is -2.62. The average molecular weight is 772 g/mol. The fourth-order valence-corrected chi connectivity index (χ4v) is 19.2. The lowest BCUT2D eigenvalue weighted by Crippen LogP contribution is -2.70. The van der Waals surface area contributed by atoms with E-state index in [9.17, 15) is 10.2 Å². The maximum Gasteiger partial charge on any atom is 0.263 e. The van der Waals surface area contributed by atoms with Crippen molar-refractivity contribution in [3.05, 3.63) is 60.7 Å². The van der Waals surface area contributed by atoms with Crippen LogP contribution in [-0.4, -0.2) is 72.0 Å². The highest BCUT2D eigenvalue weighted by Gasteiger charge is 2.63. The smallest absolute Gasteiger partial charge is 0.263 e. The lowest BCUT2D eigenvalue weighted by molar-refractivity contribution is -0.174. The molecule has 2 aliphatic heterocycles. The van der Waals surface area contributed by atoms with Gasteiger partial charge in [0, 0.05) is 19.5 Å².